The van der Waals surface area contributed by atoms with Gasteiger partial charge < -0.3 is 10.2 Å². The molecule has 20 heavy (non-hydrogen) atoms. The Hall–Kier alpha value is -1.60. The van der Waals surface area contributed by atoms with E-state index >= 15 is 0 Å². The Kier molecular flexibility index (Phi) is 4.77. The van der Waals surface area contributed by atoms with Crippen LogP contribution in [0.4, 0.5) is 0 Å². The second-order valence-electron chi connectivity index (χ2n) is 5.69. The minimum Gasteiger partial charge on any atom is -0.507 e. The lowest BCUT2D eigenvalue weighted by molar-refractivity contribution is 0.0693. The van der Waals surface area contributed by atoms with Gasteiger partial charge in [-0.05, 0) is 30.0 Å². The quantitative estimate of drug-likeness (QED) is 0.769. The van der Waals surface area contributed by atoms with E-state index in [9.17, 15) is 18.3 Å². The summed E-state index contributed by atoms with van der Waals surface area (Å²) in [6, 6.07) is 3.17. The third kappa shape index (κ3) is 4.50. The molecule has 6 nitrogen and oxygen atoms in total. The molecule has 1 aromatic rings. The topological polar surface area (TPSA) is 104 Å². The zero-order chi connectivity index (χ0) is 15.6. The van der Waals surface area contributed by atoms with Gasteiger partial charge in [0.15, 0.2) is 0 Å². The van der Waals surface area contributed by atoms with Crippen molar-refractivity contribution in [3.05, 3.63) is 23.8 Å². The van der Waals surface area contributed by atoms with E-state index in [0.717, 1.165) is 12.1 Å². The van der Waals surface area contributed by atoms with Gasteiger partial charge in [-0.1, -0.05) is 20.8 Å². The highest BCUT2D eigenvalue weighted by Crippen LogP contribution is 2.22. The number of benzene rings is 1. The second-order valence-corrected chi connectivity index (χ2v) is 7.46. The number of nitrogens with one attached hydrogen (secondary N) is 1. The number of aromatic hydroxyl groups is 1. The number of carbonyl (C=O) groups is 1. The molecule has 1 rings (SSSR count). The van der Waals surface area contributed by atoms with Crippen molar-refractivity contribution in [2.45, 2.75) is 32.1 Å². The van der Waals surface area contributed by atoms with Crippen LogP contribution in [0.3, 0.4) is 0 Å². The highest BCUT2D eigenvalue weighted by Gasteiger charge is 2.19. The van der Waals surface area contributed by atoms with Gasteiger partial charge in [-0.3, -0.25) is 0 Å². The molecule has 0 radical (unpaired) electrons. The van der Waals surface area contributed by atoms with Crippen molar-refractivity contribution in [1.82, 2.24) is 4.72 Å². The van der Waals surface area contributed by atoms with Gasteiger partial charge in [-0.15, -0.1) is 0 Å². The molecular formula is C13H19NO5S. The molecule has 0 aliphatic carbocycles. The molecule has 0 spiro atoms. The molecule has 0 heterocycles. The molecular weight excluding hydrogens is 282 g/mol. The Bertz CT molecular complexity index is 602. The molecule has 0 fully saturated rings. The minimum absolute atomic E-state index is 0.0102. The van der Waals surface area contributed by atoms with Crippen molar-refractivity contribution < 1.29 is 23.4 Å². The lowest BCUT2D eigenvalue weighted by Crippen LogP contribution is -2.27. The van der Waals surface area contributed by atoms with E-state index in [1.165, 1.54) is 6.07 Å². The van der Waals surface area contributed by atoms with Crippen molar-refractivity contribution in [2.75, 3.05) is 6.54 Å². The standard InChI is InChI=1S/C13H19NO5S/c1-13(2,3)6-7-14-20(18,19)9-4-5-11(15)10(8-9)12(16)17/h4-5,8,14-15H,6-7H2,1-3H3,(H,16,17). The van der Waals surface area contributed by atoms with E-state index in [-0.39, 0.29) is 16.9 Å². The molecule has 0 aliphatic rings. The van der Waals surface area contributed by atoms with E-state index in [2.05, 4.69) is 4.72 Å². The molecule has 0 amide bonds. The van der Waals surface area contributed by atoms with Crippen molar-refractivity contribution in [2.24, 2.45) is 5.41 Å². The summed E-state index contributed by atoms with van der Waals surface area (Å²) >= 11 is 0. The first-order chi connectivity index (χ1) is 9.03. The van der Waals surface area contributed by atoms with Gasteiger partial charge in [0.25, 0.3) is 0 Å². The minimum atomic E-state index is -3.78. The zero-order valence-electron chi connectivity index (χ0n) is 11.7. The molecule has 7 heteroatoms. The highest BCUT2D eigenvalue weighted by atomic mass is 32.2. The lowest BCUT2D eigenvalue weighted by Gasteiger charge is -2.18. The summed E-state index contributed by atoms with van der Waals surface area (Å²) in [5.41, 5.74) is -0.451. The Morgan fingerprint density at radius 1 is 1.30 bits per heavy atom. The van der Waals surface area contributed by atoms with Crippen LogP contribution in [0.15, 0.2) is 23.1 Å². The summed E-state index contributed by atoms with van der Waals surface area (Å²) in [6.07, 6.45) is 0.649. The fourth-order valence-corrected chi connectivity index (χ4v) is 2.55. The number of sulfonamides is 1. The predicted molar refractivity (Wildman–Crippen MR) is 74.3 cm³/mol. The highest BCUT2D eigenvalue weighted by molar-refractivity contribution is 7.89. The van der Waals surface area contributed by atoms with E-state index in [1.807, 2.05) is 20.8 Å². The average Bonchev–Trinajstić information content (AvgIpc) is 2.26. The molecule has 0 saturated carbocycles. The van der Waals surface area contributed by atoms with Gasteiger partial charge >= 0.3 is 5.97 Å². The maximum Gasteiger partial charge on any atom is 0.339 e. The van der Waals surface area contributed by atoms with Crippen LogP contribution in [-0.4, -0.2) is 31.1 Å². The summed E-state index contributed by atoms with van der Waals surface area (Å²) in [4.78, 5) is 10.7. The molecule has 0 bridgehead atoms. The molecule has 0 unspecified atom stereocenters. The normalized spacial score (nSPS) is 12.3. The number of hydrogen-bond donors (Lipinski definition) is 3. The number of phenols is 1. The third-order valence-electron chi connectivity index (χ3n) is 2.68. The average molecular weight is 301 g/mol. The van der Waals surface area contributed by atoms with Crippen LogP contribution in [0.25, 0.3) is 0 Å². The first-order valence-corrected chi connectivity index (χ1v) is 7.57. The van der Waals surface area contributed by atoms with Gasteiger partial charge in [0.05, 0.1) is 4.90 Å². The summed E-state index contributed by atoms with van der Waals surface area (Å²) in [5, 5.41) is 18.2. The van der Waals surface area contributed by atoms with Gasteiger partial charge in [0.2, 0.25) is 10.0 Å². The fourth-order valence-electron chi connectivity index (χ4n) is 1.50. The molecule has 0 atom stereocenters. The second kappa shape index (κ2) is 5.80. The monoisotopic (exact) mass is 301 g/mol. The van der Waals surface area contributed by atoms with Crippen molar-refractivity contribution in [3.63, 3.8) is 0 Å². The number of carboxylic acid groups (broad SMARTS) is 1. The Labute approximate surface area is 118 Å². The van der Waals surface area contributed by atoms with Crippen LogP contribution >= 0.6 is 0 Å². The van der Waals surface area contributed by atoms with Gasteiger partial charge in [-0.25, -0.2) is 17.9 Å². The molecule has 1 aromatic carbocycles. The third-order valence-corrected chi connectivity index (χ3v) is 4.13. The number of rotatable bonds is 5. The van der Waals surface area contributed by atoms with Gasteiger partial charge in [0.1, 0.15) is 11.3 Å². The molecule has 112 valence electrons. The van der Waals surface area contributed by atoms with E-state index in [1.54, 1.807) is 0 Å². The van der Waals surface area contributed by atoms with Crippen LogP contribution in [0.5, 0.6) is 5.75 Å². The predicted octanol–water partition coefficient (Wildman–Crippen LogP) is 1.80. The Morgan fingerprint density at radius 2 is 1.90 bits per heavy atom. The zero-order valence-corrected chi connectivity index (χ0v) is 12.5. The van der Waals surface area contributed by atoms with Crippen LogP contribution in [0.1, 0.15) is 37.6 Å². The first kappa shape index (κ1) is 16.5. The lowest BCUT2D eigenvalue weighted by atomic mass is 9.93. The maximum absolute atomic E-state index is 12.0. The fraction of sp³-hybridized carbons (Fsp3) is 0.462. The van der Waals surface area contributed by atoms with Crippen molar-refractivity contribution in [1.29, 1.82) is 0 Å². The van der Waals surface area contributed by atoms with Crippen molar-refractivity contribution >= 4 is 16.0 Å². The largest absolute Gasteiger partial charge is 0.507 e. The van der Waals surface area contributed by atoms with Crippen molar-refractivity contribution in [3.8, 4) is 5.75 Å². The summed E-state index contributed by atoms with van der Waals surface area (Å²) in [7, 11) is -3.78. The van der Waals surface area contributed by atoms with Gasteiger partial charge in [-0.2, -0.15) is 0 Å². The summed E-state index contributed by atoms with van der Waals surface area (Å²) in [6.45, 7) is 6.23. The molecule has 0 saturated heterocycles. The SMILES string of the molecule is CC(C)(C)CCNS(=O)(=O)c1ccc(O)c(C(=O)O)c1. The number of carboxylic acids is 1. The number of hydrogen-bond acceptors (Lipinski definition) is 4. The maximum atomic E-state index is 12.0. The van der Waals surface area contributed by atoms with Gasteiger partial charge in [0, 0.05) is 6.54 Å². The molecule has 0 aromatic heterocycles. The van der Waals surface area contributed by atoms with Crippen LogP contribution in [0.2, 0.25) is 0 Å². The van der Waals surface area contributed by atoms with Crippen LogP contribution in [0, 0.1) is 5.41 Å². The molecule has 3 N–H and O–H groups in total. The van der Waals surface area contributed by atoms with Crippen LogP contribution < -0.4 is 4.72 Å². The Morgan fingerprint density at radius 3 is 2.40 bits per heavy atom. The number of aromatic carboxylic acids is 1. The molecule has 0 aliphatic heterocycles. The van der Waals surface area contributed by atoms with Crippen LogP contribution in [-0.2, 0) is 10.0 Å². The Balaban J connectivity index is 2.93. The summed E-state index contributed by atoms with van der Waals surface area (Å²) in [5.74, 6) is -1.85. The van der Waals surface area contributed by atoms with E-state index in [0.29, 0.717) is 6.42 Å². The van der Waals surface area contributed by atoms with E-state index in [4.69, 9.17) is 5.11 Å². The summed E-state index contributed by atoms with van der Waals surface area (Å²) < 4.78 is 26.5. The smallest absolute Gasteiger partial charge is 0.339 e. The first-order valence-electron chi connectivity index (χ1n) is 6.09. The van der Waals surface area contributed by atoms with E-state index < -0.39 is 27.3 Å².